The Bertz CT molecular complexity index is 1050. The zero-order chi connectivity index (χ0) is 25.8. The van der Waals surface area contributed by atoms with Crippen molar-refractivity contribution in [3.05, 3.63) is 47.5 Å². The molecule has 0 aliphatic rings. The first-order valence-electron chi connectivity index (χ1n) is 10.7. The Labute approximate surface area is 246 Å². The number of hydrogen-bond acceptors (Lipinski definition) is 8. The quantitative estimate of drug-likeness (QED) is 0.412. The van der Waals surface area contributed by atoms with Gasteiger partial charge in [-0.25, -0.2) is 0 Å². The van der Waals surface area contributed by atoms with Crippen LogP contribution in [-0.2, 0) is 57.7 Å². The Morgan fingerprint density at radius 3 is 1.21 bits per heavy atom. The normalized spacial score (nSPS) is 12.9. The number of nitrogens with zero attached hydrogens (tertiary/aromatic N) is 2. The van der Waals surface area contributed by atoms with E-state index in [0.717, 1.165) is 0 Å². The molecule has 0 aromatic heterocycles. The molecule has 2 aromatic rings. The van der Waals surface area contributed by atoms with Crippen molar-refractivity contribution in [3.8, 4) is 22.6 Å². The van der Waals surface area contributed by atoms with Crippen LogP contribution in [0.4, 0.5) is 0 Å². The molecule has 0 spiro atoms. The Kier molecular flexibility index (Phi) is 16.5. The monoisotopic (exact) mass is 598 g/mol. The van der Waals surface area contributed by atoms with Crippen LogP contribution in [0.25, 0.3) is 11.1 Å². The first-order chi connectivity index (χ1) is 15.6. The van der Waals surface area contributed by atoms with E-state index in [9.17, 15) is 30.0 Å². The van der Waals surface area contributed by atoms with Crippen LogP contribution < -0.4 is 20.4 Å². The Morgan fingerprint density at radius 1 is 0.684 bits per heavy atom. The summed E-state index contributed by atoms with van der Waals surface area (Å²) in [6.07, 6.45) is 2.36. The zero-order valence-corrected chi connectivity index (χ0v) is 24.6. The van der Waals surface area contributed by atoms with Gasteiger partial charge in [-0.15, -0.1) is 0 Å². The van der Waals surface area contributed by atoms with Crippen LogP contribution in [0.5, 0.6) is 11.5 Å². The van der Waals surface area contributed by atoms with Gasteiger partial charge in [0.25, 0.3) is 0 Å². The number of carbonyl (C=O) groups excluding carboxylic acids is 2. The third kappa shape index (κ3) is 9.94. The van der Waals surface area contributed by atoms with Gasteiger partial charge in [0.05, 0.1) is 24.0 Å². The number of aliphatic carboxylic acids is 2. The Morgan fingerprint density at radius 2 is 0.974 bits per heavy atom. The summed E-state index contributed by atoms with van der Waals surface area (Å²) in [5, 5.41) is 49.0. The number of carboxylic acids is 2. The van der Waals surface area contributed by atoms with Gasteiger partial charge in [-0.3, -0.25) is 9.98 Å². The molecule has 0 heterocycles. The fraction of sp³-hybridized carbons (Fsp3) is 0.385. The van der Waals surface area contributed by atoms with E-state index < -0.39 is 46.4 Å². The fourth-order valence-electron chi connectivity index (χ4n) is 3.32. The molecule has 0 unspecified atom stereocenters. The van der Waals surface area contributed by atoms with E-state index in [-0.39, 0.29) is 70.3 Å². The summed E-state index contributed by atoms with van der Waals surface area (Å²) in [6, 6.07) is 6.73. The van der Waals surface area contributed by atoms with E-state index in [4.69, 9.17) is 0 Å². The Balaban J connectivity index is -0.00000306. The topological polar surface area (TPSA) is 208 Å². The molecule has 38 heavy (non-hydrogen) atoms. The second-order valence-corrected chi connectivity index (χ2v) is 10.2. The van der Waals surface area contributed by atoms with Crippen molar-refractivity contribution >= 4 is 24.4 Å². The van der Waals surface area contributed by atoms with Crippen LogP contribution in [-0.4, -0.2) is 36.5 Å². The number of hydrogen-bond donors (Lipinski definition) is 0. The van der Waals surface area contributed by atoms with Gasteiger partial charge in [-0.1, -0.05) is 89.4 Å². The SMILES string of the molecule is CC(C)(C)[C@@H](N=Cc1cccc(-c2cccc(C=N[C@@H](C(=O)[O-])C(C)(C)C)c2[O-])c1[O-])C(=O)[O-].[O-2].[O-2].[V+4].[V+4]. The van der Waals surface area contributed by atoms with Crippen molar-refractivity contribution in [3.63, 3.8) is 0 Å². The minimum Gasteiger partial charge on any atom is -2.00 e. The molecule has 0 bridgehead atoms. The van der Waals surface area contributed by atoms with Crippen LogP contribution >= 0.6 is 0 Å². The average molecular weight is 598 g/mol. The third-order valence-electron chi connectivity index (χ3n) is 5.19. The maximum Gasteiger partial charge on any atom is 4.00 e. The summed E-state index contributed by atoms with van der Waals surface area (Å²) in [6.45, 7) is 10.2. The number of rotatable bonds is 7. The smallest absolute Gasteiger partial charge is 2.00 e. The van der Waals surface area contributed by atoms with Gasteiger partial charge in [0.2, 0.25) is 0 Å². The van der Waals surface area contributed by atoms with E-state index in [2.05, 4.69) is 9.98 Å². The molecule has 0 fully saturated rings. The third-order valence-corrected chi connectivity index (χ3v) is 5.19. The number of carboxylic acid groups (broad SMARTS) is 2. The molecule has 2 aromatic carbocycles. The van der Waals surface area contributed by atoms with Crippen molar-refractivity contribution < 1.29 is 78.1 Å². The number of benzene rings is 2. The summed E-state index contributed by atoms with van der Waals surface area (Å²) in [5.74, 6) is -3.70. The summed E-state index contributed by atoms with van der Waals surface area (Å²) in [5.41, 5.74) is -0.980. The minimum atomic E-state index is -1.36. The molecule has 12 heteroatoms. The van der Waals surface area contributed by atoms with Crippen LogP contribution in [0.2, 0.25) is 0 Å². The van der Waals surface area contributed by atoms with Gasteiger partial charge >= 0.3 is 37.1 Å². The molecule has 0 aliphatic heterocycles. The van der Waals surface area contributed by atoms with Crippen LogP contribution in [0.3, 0.4) is 0 Å². The van der Waals surface area contributed by atoms with Crippen molar-refractivity contribution in [1.82, 2.24) is 0 Å². The second kappa shape index (κ2) is 15.7. The molecule has 2 rings (SSSR count). The predicted octanol–water partition coefficient (Wildman–Crippen LogP) is 0.425. The largest absolute Gasteiger partial charge is 4.00 e. The summed E-state index contributed by atoms with van der Waals surface area (Å²) in [4.78, 5) is 31.0. The molecule has 10 nitrogen and oxygen atoms in total. The van der Waals surface area contributed by atoms with Gasteiger partial charge in [-0.05, 0) is 33.1 Å². The predicted molar refractivity (Wildman–Crippen MR) is 124 cm³/mol. The number of para-hydroxylation sites is 2. The van der Waals surface area contributed by atoms with E-state index in [1.807, 2.05) is 0 Å². The maximum absolute atomic E-state index is 13.0. The van der Waals surface area contributed by atoms with Crippen molar-refractivity contribution in [2.75, 3.05) is 0 Å². The van der Waals surface area contributed by atoms with E-state index in [0.29, 0.717) is 0 Å². The van der Waals surface area contributed by atoms with Gasteiger partial charge in [0.1, 0.15) is 0 Å². The van der Waals surface area contributed by atoms with Gasteiger partial charge < -0.3 is 41.0 Å². The van der Waals surface area contributed by atoms with Crippen LogP contribution in [0, 0.1) is 10.8 Å². The molecule has 0 aliphatic carbocycles. The average Bonchev–Trinajstić information content (AvgIpc) is 2.68. The molecule has 200 valence electrons. The summed E-state index contributed by atoms with van der Waals surface area (Å²) in [7, 11) is 0. The van der Waals surface area contributed by atoms with Crippen molar-refractivity contribution in [2.24, 2.45) is 20.8 Å². The second-order valence-electron chi connectivity index (χ2n) is 10.2. The fourth-order valence-corrected chi connectivity index (χ4v) is 3.32. The van der Waals surface area contributed by atoms with E-state index >= 15 is 0 Å². The van der Waals surface area contributed by atoms with E-state index in [1.54, 1.807) is 53.7 Å². The molecule has 0 amide bonds. The Hall–Kier alpha value is -2.59. The molecule has 0 saturated heterocycles. The number of aliphatic imine (C=N–C) groups is 2. The van der Waals surface area contributed by atoms with Crippen LogP contribution in [0.15, 0.2) is 46.4 Å². The molecular weight excluding hydrogens is 570 g/mol. The van der Waals surface area contributed by atoms with Crippen molar-refractivity contribution in [2.45, 2.75) is 53.6 Å². The van der Waals surface area contributed by atoms with Gasteiger partial charge in [0, 0.05) is 12.4 Å². The van der Waals surface area contributed by atoms with Crippen molar-refractivity contribution in [1.29, 1.82) is 0 Å². The molecule has 2 radical (unpaired) electrons. The van der Waals surface area contributed by atoms with Gasteiger partial charge in [0.15, 0.2) is 0 Å². The van der Waals surface area contributed by atoms with Crippen LogP contribution in [0.1, 0.15) is 52.7 Å². The van der Waals surface area contributed by atoms with E-state index in [1.165, 1.54) is 36.7 Å². The summed E-state index contributed by atoms with van der Waals surface area (Å²) < 4.78 is 0. The molecule has 0 saturated carbocycles. The van der Waals surface area contributed by atoms with Gasteiger partial charge in [-0.2, -0.15) is 0 Å². The zero-order valence-electron chi connectivity index (χ0n) is 21.8. The molecule has 2 atom stereocenters. The first-order valence-corrected chi connectivity index (χ1v) is 10.7. The summed E-state index contributed by atoms with van der Waals surface area (Å²) >= 11 is 0. The standard InChI is InChI=1S/C26H32N2O6.2O.2V/c1-25(2,3)21(23(31)32)27-13-15-9-7-11-17(19(15)29)18-12-8-10-16(20(18)30)14-28-22(24(33)34)26(4,5)6;;;;/h7-14,21-22,29-30H,1-6H3,(H,31,32)(H,33,34);;;;/q;2*-2;2*+4/p-4/t21-,22-;;;;/m0..../s1. The molecule has 0 N–H and O–H groups in total. The molecular formula is C26H28N2O8V2. The minimum absolute atomic E-state index is 0. The maximum atomic E-state index is 13.0. The first kappa shape index (κ1) is 39.9. The number of carbonyl (C=O) groups is 2.